The second-order valence-electron chi connectivity index (χ2n) is 6.19. The molecule has 5 nitrogen and oxygen atoms in total. The minimum absolute atomic E-state index is 0.0839. The number of hydrogen-bond acceptors (Lipinski definition) is 5. The fourth-order valence-electron chi connectivity index (χ4n) is 3.01. The van der Waals surface area contributed by atoms with E-state index in [9.17, 15) is 4.79 Å². The van der Waals surface area contributed by atoms with Crippen molar-refractivity contribution in [1.82, 2.24) is 9.97 Å². The summed E-state index contributed by atoms with van der Waals surface area (Å²) in [7, 11) is 1.65. The van der Waals surface area contributed by atoms with Gasteiger partial charge in [-0.15, -0.1) is 11.3 Å². The topological polar surface area (TPSA) is 58.2 Å². The van der Waals surface area contributed by atoms with E-state index in [0.29, 0.717) is 23.6 Å². The van der Waals surface area contributed by atoms with Gasteiger partial charge in [-0.1, -0.05) is 30.3 Å². The molecule has 0 aliphatic heterocycles. The lowest BCUT2D eigenvalue weighted by atomic mass is 10.2. The highest BCUT2D eigenvalue weighted by Gasteiger charge is 2.12. The molecule has 0 radical (unpaired) electrons. The lowest BCUT2D eigenvalue weighted by molar-refractivity contribution is 0.415. The molecule has 0 unspecified atom stereocenters. The van der Waals surface area contributed by atoms with E-state index >= 15 is 0 Å². The first kappa shape index (κ1) is 17.3. The number of nitrogens with one attached hydrogen (secondary N) is 1. The monoisotopic (exact) mass is 377 g/mol. The Bertz CT molecular complexity index is 1090. The molecule has 4 aromatic rings. The van der Waals surface area contributed by atoms with Crippen molar-refractivity contribution in [3.8, 4) is 5.75 Å². The zero-order valence-electron chi connectivity index (χ0n) is 14.9. The van der Waals surface area contributed by atoms with Crippen molar-refractivity contribution in [1.29, 1.82) is 0 Å². The summed E-state index contributed by atoms with van der Waals surface area (Å²) in [5, 5.41) is 1.89. The first-order valence-electron chi connectivity index (χ1n) is 8.62. The number of hydrogen-bond donors (Lipinski definition) is 1. The zero-order valence-corrected chi connectivity index (χ0v) is 15.7. The van der Waals surface area contributed by atoms with Crippen molar-refractivity contribution in [2.75, 3.05) is 12.0 Å². The third kappa shape index (κ3) is 3.85. The summed E-state index contributed by atoms with van der Waals surface area (Å²) >= 11 is 1.41. The van der Waals surface area contributed by atoms with Gasteiger partial charge in [0.1, 0.15) is 16.3 Å². The number of aromatic amines is 1. The van der Waals surface area contributed by atoms with Crippen LogP contribution >= 0.6 is 11.3 Å². The summed E-state index contributed by atoms with van der Waals surface area (Å²) in [5.41, 5.74) is 2.88. The van der Waals surface area contributed by atoms with Crippen molar-refractivity contribution in [2.24, 2.45) is 0 Å². The lowest BCUT2D eigenvalue weighted by Crippen LogP contribution is -2.25. The molecular formula is C21H19N3O2S. The number of ether oxygens (including phenoxy) is 1. The van der Waals surface area contributed by atoms with E-state index in [2.05, 4.69) is 27.0 Å². The quantitative estimate of drug-likeness (QED) is 0.547. The van der Waals surface area contributed by atoms with Crippen LogP contribution in [-0.4, -0.2) is 17.1 Å². The van der Waals surface area contributed by atoms with Crippen LogP contribution in [0.25, 0.3) is 10.2 Å². The first-order valence-corrected chi connectivity index (χ1v) is 9.50. The van der Waals surface area contributed by atoms with Crippen LogP contribution in [-0.2, 0) is 13.1 Å². The van der Waals surface area contributed by atoms with Crippen LogP contribution in [0.3, 0.4) is 0 Å². The SMILES string of the molecule is COc1ccc(N(Cc2ccccc2)Cc2nc3ccsc3c(=O)[nH]2)cc1. The molecule has 6 heteroatoms. The fraction of sp³-hybridized carbons (Fsp3) is 0.143. The molecule has 0 saturated carbocycles. The first-order chi connectivity index (χ1) is 13.2. The molecule has 1 N–H and O–H groups in total. The molecule has 0 fully saturated rings. The highest BCUT2D eigenvalue weighted by Crippen LogP contribution is 2.23. The maximum absolute atomic E-state index is 12.3. The maximum Gasteiger partial charge on any atom is 0.268 e. The molecule has 2 aromatic heterocycles. The Kier molecular flexibility index (Phi) is 4.89. The minimum atomic E-state index is -0.0839. The van der Waals surface area contributed by atoms with Gasteiger partial charge in [0.25, 0.3) is 5.56 Å². The summed E-state index contributed by atoms with van der Waals surface area (Å²) < 4.78 is 5.93. The number of H-pyrrole nitrogens is 1. The number of thiophene rings is 1. The van der Waals surface area contributed by atoms with Gasteiger partial charge in [-0.2, -0.15) is 0 Å². The summed E-state index contributed by atoms with van der Waals surface area (Å²) in [4.78, 5) is 22.0. The Morgan fingerprint density at radius 3 is 2.56 bits per heavy atom. The Morgan fingerprint density at radius 2 is 1.81 bits per heavy atom. The number of benzene rings is 2. The number of aromatic nitrogens is 2. The molecule has 4 rings (SSSR count). The average Bonchev–Trinajstić information content (AvgIpc) is 3.18. The van der Waals surface area contributed by atoms with Crippen molar-refractivity contribution < 1.29 is 4.74 Å². The van der Waals surface area contributed by atoms with E-state index in [-0.39, 0.29) is 5.56 Å². The molecule has 2 aromatic carbocycles. The third-order valence-corrected chi connectivity index (χ3v) is 5.26. The normalized spacial score (nSPS) is 10.9. The molecule has 0 aliphatic rings. The molecule has 2 heterocycles. The van der Waals surface area contributed by atoms with Gasteiger partial charge in [-0.25, -0.2) is 4.98 Å². The number of nitrogens with zero attached hydrogens (tertiary/aromatic N) is 2. The number of anilines is 1. The van der Waals surface area contributed by atoms with Gasteiger partial charge in [0.15, 0.2) is 0 Å². The second kappa shape index (κ2) is 7.63. The van der Waals surface area contributed by atoms with E-state index in [1.165, 1.54) is 16.9 Å². The number of methoxy groups -OCH3 is 1. The van der Waals surface area contributed by atoms with E-state index < -0.39 is 0 Å². The predicted molar refractivity (Wildman–Crippen MR) is 110 cm³/mol. The Balaban J connectivity index is 1.68. The van der Waals surface area contributed by atoms with Gasteiger partial charge in [0.05, 0.1) is 19.2 Å². The smallest absolute Gasteiger partial charge is 0.268 e. The van der Waals surface area contributed by atoms with Crippen LogP contribution in [0.4, 0.5) is 5.69 Å². The Morgan fingerprint density at radius 1 is 1.04 bits per heavy atom. The van der Waals surface area contributed by atoms with Gasteiger partial charge in [0.2, 0.25) is 0 Å². The maximum atomic E-state index is 12.3. The highest BCUT2D eigenvalue weighted by atomic mass is 32.1. The van der Waals surface area contributed by atoms with Crippen molar-refractivity contribution in [2.45, 2.75) is 13.1 Å². The van der Waals surface area contributed by atoms with Crippen molar-refractivity contribution in [3.63, 3.8) is 0 Å². The van der Waals surface area contributed by atoms with E-state index in [1.54, 1.807) is 7.11 Å². The minimum Gasteiger partial charge on any atom is -0.497 e. The van der Waals surface area contributed by atoms with Crippen LogP contribution in [0.1, 0.15) is 11.4 Å². The fourth-order valence-corrected chi connectivity index (χ4v) is 3.74. The summed E-state index contributed by atoms with van der Waals surface area (Å²) in [6.45, 7) is 1.21. The summed E-state index contributed by atoms with van der Waals surface area (Å²) in [5.74, 6) is 1.46. The molecule has 0 saturated heterocycles. The molecule has 136 valence electrons. The number of fused-ring (bicyclic) bond motifs is 1. The Labute approximate surface area is 160 Å². The third-order valence-electron chi connectivity index (χ3n) is 4.36. The van der Waals surface area contributed by atoms with Gasteiger partial charge < -0.3 is 14.6 Å². The largest absolute Gasteiger partial charge is 0.497 e. The molecule has 0 amide bonds. The van der Waals surface area contributed by atoms with Crippen LogP contribution in [0.2, 0.25) is 0 Å². The van der Waals surface area contributed by atoms with Crippen LogP contribution < -0.4 is 15.2 Å². The van der Waals surface area contributed by atoms with Crippen molar-refractivity contribution in [3.05, 3.63) is 87.8 Å². The van der Waals surface area contributed by atoms with Crippen LogP contribution in [0.5, 0.6) is 5.75 Å². The molecule has 0 bridgehead atoms. The standard InChI is InChI=1S/C21H19N3O2S/c1-26-17-9-7-16(8-10-17)24(13-15-5-3-2-4-6-15)14-19-22-18-11-12-27-20(18)21(25)23-19/h2-12H,13-14H2,1H3,(H,22,23,25). The number of rotatable bonds is 6. The second-order valence-corrected chi connectivity index (χ2v) is 7.10. The van der Waals surface area contributed by atoms with Gasteiger partial charge in [-0.3, -0.25) is 4.79 Å². The highest BCUT2D eigenvalue weighted by molar-refractivity contribution is 7.17. The molecule has 0 aliphatic carbocycles. The summed E-state index contributed by atoms with van der Waals surface area (Å²) in [6, 6.07) is 20.0. The van der Waals surface area contributed by atoms with Gasteiger partial charge in [-0.05, 0) is 41.3 Å². The average molecular weight is 377 g/mol. The van der Waals surface area contributed by atoms with Gasteiger partial charge >= 0.3 is 0 Å². The predicted octanol–water partition coefficient (Wildman–Crippen LogP) is 4.20. The lowest BCUT2D eigenvalue weighted by Gasteiger charge is -2.24. The van der Waals surface area contributed by atoms with Crippen LogP contribution in [0, 0.1) is 0 Å². The summed E-state index contributed by atoms with van der Waals surface area (Å²) in [6.07, 6.45) is 0. The van der Waals surface area contributed by atoms with Crippen LogP contribution in [0.15, 0.2) is 70.8 Å². The van der Waals surface area contributed by atoms with E-state index in [1.807, 2.05) is 53.9 Å². The molecule has 27 heavy (non-hydrogen) atoms. The van der Waals surface area contributed by atoms with Gasteiger partial charge in [0, 0.05) is 12.2 Å². The molecular weight excluding hydrogens is 358 g/mol. The molecule has 0 atom stereocenters. The zero-order chi connectivity index (χ0) is 18.6. The van der Waals surface area contributed by atoms with E-state index in [4.69, 9.17) is 4.74 Å². The Hall–Kier alpha value is -3.12. The molecule has 0 spiro atoms. The van der Waals surface area contributed by atoms with E-state index in [0.717, 1.165) is 17.0 Å². The van der Waals surface area contributed by atoms with Crippen molar-refractivity contribution >= 4 is 27.2 Å².